The molecule has 3 heterocycles. The molecule has 1 aliphatic rings. The highest BCUT2D eigenvalue weighted by atomic mass is 19.1. The molecule has 4 rings (SSSR count). The van der Waals surface area contributed by atoms with Gasteiger partial charge in [-0.1, -0.05) is 0 Å². The highest BCUT2D eigenvalue weighted by Gasteiger charge is 2.26. The van der Waals surface area contributed by atoms with Gasteiger partial charge in [0.15, 0.2) is 0 Å². The Bertz CT molecular complexity index is 854. The summed E-state index contributed by atoms with van der Waals surface area (Å²) in [5.74, 6) is -0.148. The van der Waals surface area contributed by atoms with E-state index in [1.807, 2.05) is 29.3 Å². The molecule has 1 fully saturated rings. The molecule has 3 aromatic rings. The van der Waals surface area contributed by atoms with Gasteiger partial charge in [0.1, 0.15) is 11.5 Å². The van der Waals surface area contributed by atoms with Gasteiger partial charge in [-0.05, 0) is 55.3 Å². The van der Waals surface area contributed by atoms with Gasteiger partial charge in [-0.15, -0.1) is 0 Å². The van der Waals surface area contributed by atoms with Crippen LogP contribution in [-0.2, 0) is 0 Å². The second-order valence-electron chi connectivity index (χ2n) is 6.39. The molecule has 5 nitrogen and oxygen atoms in total. The lowest BCUT2D eigenvalue weighted by molar-refractivity contribution is 0.0706. The van der Waals surface area contributed by atoms with Crippen LogP contribution in [0.4, 0.5) is 4.39 Å². The average Bonchev–Trinajstić information content (AvgIpc) is 3.33. The van der Waals surface area contributed by atoms with Crippen molar-refractivity contribution in [1.82, 2.24) is 20.1 Å². The molecule has 1 atom stereocenters. The number of amides is 1. The molecule has 1 amide bonds. The van der Waals surface area contributed by atoms with Crippen molar-refractivity contribution < 1.29 is 9.18 Å². The van der Waals surface area contributed by atoms with Gasteiger partial charge in [-0.3, -0.25) is 9.89 Å². The summed E-state index contributed by atoms with van der Waals surface area (Å²) in [5.41, 5.74) is 3.42. The van der Waals surface area contributed by atoms with E-state index in [0.29, 0.717) is 12.1 Å². The lowest BCUT2D eigenvalue weighted by Crippen LogP contribution is -2.39. The number of nitrogens with zero attached hydrogens (tertiary/aromatic N) is 2. The normalized spacial score (nSPS) is 17.6. The number of carbonyl (C=O) groups excluding carboxylic acids is 1. The number of benzene rings is 1. The summed E-state index contributed by atoms with van der Waals surface area (Å²) < 4.78 is 13.1. The van der Waals surface area contributed by atoms with E-state index >= 15 is 0 Å². The summed E-state index contributed by atoms with van der Waals surface area (Å²) >= 11 is 0. The fourth-order valence-corrected chi connectivity index (χ4v) is 3.36. The van der Waals surface area contributed by atoms with E-state index in [1.54, 1.807) is 12.1 Å². The van der Waals surface area contributed by atoms with Crippen molar-refractivity contribution in [3.8, 4) is 11.4 Å². The van der Waals surface area contributed by atoms with Crippen LogP contribution in [0.2, 0.25) is 0 Å². The molecule has 0 bridgehead atoms. The minimum atomic E-state index is -0.331. The van der Waals surface area contributed by atoms with Crippen molar-refractivity contribution in [2.45, 2.75) is 18.8 Å². The van der Waals surface area contributed by atoms with Crippen molar-refractivity contribution in [2.24, 2.45) is 0 Å². The standard InChI is InChI=1S/C19H19FN4O/c20-15-7-5-13(6-8-15)19(25)24-10-2-3-14(12-24)17-11-18(23-22-17)16-4-1-9-21-16/h1,4-9,11,14,21H,2-3,10,12H2,(H,22,23). The van der Waals surface area contributed by atoms with Gasteiger partial charge in [-0.25, -0.2) is 4.39 Å². The molecule has 2 aromatic heterocycles. The van der Waals surface area contributed by atoms with Crippen molar-refractivity contribution in [3.05, 3.63) is 65.7 Å². The first-order valence-corrected chi connectivity index (χ1v) is 8.44. The number of hydrogen-bond donors (Lipinski definition) is 2. The van der Waals surface area contributed by atoms with E-state index < -0.39 is 0 Å². The van der Waals surface area contributed by atoms with E-state index in [1.165, 1.54) is 12.1 Å². The van der Waals surface area contributed by atoms with Crippen molar-refractivity contribution in [1.29, 1.82) is 0 Å². The molecule has 25 heavy (non-hydrogen) atoms. The molecule has 0 saturated carbocycles. The van der Waals surface area contributed by atoms with Crippen LogP contribution in [0.3, 0.4) is 0 Å². The van der Waals surface area contributed by atoms with Crippen LogP contribution in [0.15, 0.2) is 48.7 Å². The molecule has 0 radical (unpaired) electrons. The van der Waals surface area contributed by atoms with Gasteiger partial charge in [0.2, 0.25) is 0 Å². The molecule has 1 saturated heterocycles. The molecule has 0 aliphatic carbocycles. The monoisotopic (exact) mass is 338 g/mol. The molecule has 128 valence electrons. The second kappa shape index (κ2) is 6.55. The quantitative estimate of drug-likeness (QED) is 0.767. The summed E-state index contributed by atoms with van der Waals surface area (Å²) in [5, 5.41) is 7.48. The number of rotatable bonds is 3. The summed E-state index contributed by atoms with van der Waals surface area (Å²) in [6.45, 7) is 1.37. The van der Waals surface area contributed by atoms with E-state index in [0.717, 1.165) is 36.5 Å². The third kappa shape index (κ3) is 3.20. The first kappa shape index (κ1) is 15.6. The number of piperidine rings is 1. The predicted octanol–water partition coefficient (Wildman–Crippen LogP) is 3.56. The SMILES string of the molecule is O=C(c1ccc(F)cc1)N1CCCC(c2cc(-c3ccc[nH]3)n[nH]2)C1. The van der Waals surface area contributed by atoms with Crippen LogP contribution in [-0.4, -0.2) is 39.1 Å². The van der Waals surface area contributed by atoms with Crippen molar-refractivity contribution in [2.75, 3.05) is 13.1 Å². The van der Waals surface area contributed by atoms with Gasteiger partial charge < -0.3 is 9.88 Å². The van der Waals surface area contributed by atoms with Crippen LogP contribution in [0.1, 0.15) is 34.8 Å². The molecular weight excluding hydrogens is 319 g/mol. The Labute approximate surface area is 144 Å². The average molecular weight is 338 g/mol. The Hall–Kier alpha value is -2.89. The number of hydrogen-bond acceptors (Lipinski definition) is 2. The third-order valence-corrected chi connectivity index (χ3v) is 4.71. The van der Waals surface area contributed by atoms with Gasteiger partial charge in [0.25, 0.3) is 5.91 Å². The number of nitrogens with one attached hydrogen (secondary N) is 2. The van der Waals surface area contributed by atoms with Crippen molar-refractivity contribution >= 4 is 5.91 Å². The third-order valence-electron chi connectivity index (χ3n) is 4.71. The molecule has 1 unspecified atom stereocenters. The zero-order valence-corrected chi connectivity index (χ0v) is 13.7. The molecule has 2 N–H and O–H groups in total. The number of aromatic amines is 2. The van der Waals surface area contributed by atoms with Gasteiger partial charge in [-0.2, -0.15) is 5.10 Å². The molecular formula is C19H19FN4O. The van der Waals surface area contributed by atoms with E-state index in [4.69, 9.17) is 0 Å². The Morgan fingerprint density at radius 3 is 2.84 bits per heavy atom. The van der Waals surface area contributed by atoms with Crippen molar-refractivity contribution in [3.63, 3.8) is 0 Å². The second-order valence-corrected chi connectivity index (χ2v) is 6.39. The van der Waals surface area contributed by atoms with Gasteiger partial charge in [0.05, 0.1) is 5.69 Å². The maximum Gasteiger partial charge on any atom is 0.253 e. The lowest BCUT2D eigenvalue weighted by Gasteiger charge is -2.32. The number of H-pyrrole nitrogens is 2. The van der Waals surface area contributed by atoms with Crippen LogP contribution in [0.25, 0.3) is 11.4 Å². The number of likely N-dealkylation sites (tertiary alicyclic amines) is 1. The first-order chi connectivity index (χ1) is 12.2. The summed E-state index contributed by atoms with van der Waals surface area (Å²) in [6.07, 6.45) is 3.82. The molecule has 0 spiro atoms. The van der Waals surface area contributed by atoms with Gasteiger partial charge >= 0.3 is 0 Å². The Kier molecular flexibility index (Phi) is 4.09. The van der Waals surface area contributed by atoms with Crippen LogP contribution >= 0.6 is 0 Å². The summed E-state index contributed by atoms with van der Waals surface area (Å²) in [6, 6.07) is 11.7. The predicted molar refractivity (Wildman–Crippen MR) is 92.7 cm³/mol. The van der Waals surface area contributed by atoms with E-state index in [-0.39, 0.29) is 17.6 Å². The number of halogens is 1. The zero-order valence-electron chi connectivity index (χ0n) is 13.7. The van der Waals surface area contributed by atoms with Crippen LogP contribution in [0.5, 0.6) is 0 Å². The zero-order chi connectivity index (χ0) is 17.2. The van der Waals surface area contributed by atoms with E-state index in [9.17, 15) is 9.18 Å². The lowest BCUT2D eigenvalue weighted by atomic mass is 9.94. The first-order valence-electron chi connectivity index (χ1n) is 8.44. The Balaban J connectivity index is 1.49. The highest BCUT2D eigenvalue weighted by Crippen LogP contribution is 2.28. The molecule has 1 aliphatic heterocycles. The summed E-state index contributed by atoms with van der Waals surface area (Å²) in [7, 11) is 0. The highest BCUT2D eigenvalue weighted by molar-refractivity contribution is 5.94. The van der Waals surface area contributed by atoms with Gasteiger partial charge in [0, 0.05) is 36.5 Å². The fraction of sp³-hybridized carbons (Fsp3) is 0.263. The minimum absolute atomic E-state index is 0.0474. The Morgan fingerprint density at radius 1 is 1.24 bits per heavy atom. The summed E-state index contributed by atoms with van der Waals surface area (Å²) in [4.78, 5) is 17.6. The molecule has 1 aromatic carbocycles. The fourth-order valence-electron chi connectivity index (χ4n) is 3.36. The van der Waals surface area contributed by atoms with Crippen LogP contribution in [0, 0.1) is 5.82 Å². The minimum Gasteiger partial charge on any atom is -0.360 e. The maximum atomic E-state index is 13.1. The van der Waals surface area contributed by atoms with E-state index in [2.05, 4.69) is 15.2 Å². The Morgan fingerprint density at radius 2 is 2.08 bits per heavy atom. The number of carbonyl (C=O) groups is 1. The number of aromatic nitrogens is 3. The largest absolute Gasteiger partial charge is 0.360 e. The smallest absolute Gasteiger partial charge is 0.253 e. The maximum absolute atomic E-state index is 13.1. The van der Waals surface area contributed by atoms with Crippen LogP contribution < -0.4 is 0 Å². The topological polar surface area (TPSA) is 64.8 Å². The molecule has 6 heteroatoms.